The number of rotatable bonds is 10. The lowest BCUT2D eigenvalue weighted by Crippen LogP contribution is -2.31. The van der Waals surface area contributed by atoms with Crippen LogP contribution < -0.4 is 9.62 Å². The van der Waals surface area contributed by atoms with Crippen molar-refractivity contribution in [2.75, 3.05) is 15.4 Å². The topological polar surface area (TPSA) is 97.2 Å². The molecule has 0 spiro atoms. The highest BCUT2D eigenvalue weighted by atomic mass is 32.2. The molecule has 0 radical (unpaired) electrons. The lowest BCUT2D eigenvalue weighted by atomic mass is 10.2. The van der Waals surface area contributed by atoms with Gasteiger partial charge in [-0.1, -0.05) is 83.6 Å². The number of carbonyl (C=O) groups is 1. The minimum atomic E-state index is -3.94. The SMILES string of the molecule is Cc1ccc(NC(=O)CSc2nnc(CN(c3ccccc3)S(=O)(=O)c3ccc(C)cc3)n2-c2ccccc2)cc1. The molecule has 5 aromatic rings. The van der Waals surface area contributed by atoms with E-state index in [2.05, 4.69) is 15.5 Å². The third-order valence-corrected chi connectivity index (χ3v) is 9.04. The number of nitrogens with zero attached hydrogens (tertiary/aromatic N) is 4. The third-order valence-electron chi connectivity index (χ3n) is 6.32. The smallest absolute Gasteiger partial charge is 0.264 e. The van der Waals surface area contributed by atoms with Gasteiger partial charge in [-0.2, -0.15) is 0 Å². The second kappa shape index (κ2) is 12.4. The lowest BCUT2D eigenvalue weighted by molar-refractivity contribution is -0.113. The summed E-state index contributed by atoms with van der Waals surface area (Å²) >= 11 is 1.23. The Hall–Kier alpha value is -4.41. The molecule has 41 heavy (non-hydrogen) atoms. The molecule has 0 aliphatic heterocycles. The zero-order valence-electron chi connectivity index (χ0n) is 22.6. The molecule has 1 amide bonds. The van der Waals surface area contributed by atoms with E-state index in [0.29, 0.717) is 22.4 Å². The second-order valence-corrected chi connectivity index (χ2v) is 12.2. The molecule has 0 saturated carbocycles. The maximum atomic E-state index is 13.9. The van der Waals surface area contributed by atoms with Gasteiger partial charge in [-0.05, 0) is 62.4 Å². The number of amides is 1. The van der Waals surface area contributed by atoms with Crippen molar-refractivity contribution in [3.05, 3.63) is 126 Å². The van der Waals surface area contributed by atoms with Gasteiger partial charge in [-0.3, -0.25) is 13.7 Å². The summed E-state index contributed by atoms with van der Waals surface area (Å²) in [4.78, 5) is 12.9. The van der Waals surface area contributed by atoms with Gasteiger partial charge in [0.25, 0.3) is 10.0 Å². The highest BCUT2D eigenvalue weighted by Crippen LogP contribution is 2.29. The number of carbonyl (C=O) groups excluding carboxylic acids is 1. The van der Waals surface area contributed by atoms with Crippen LogP contribution in [0, 0.1) is 13.8 Å². The number of hydrogen-bond acceptors (Lipinski definition) is 6. The van der Waals surface area contributed by atoms with Crippen LogP contribution in [0.2, 0.25) is 0 Å². The van der Waals surface area contributed by atoms with Crippen molar-refractivity contribution in [2.24, 2.45) is 0 Å². The Morgan fingerprint density at radius 3 is 2.02 bits per heavy atom. The first kappa shape index (κ1) is 28.1. The molecule has 0 fully saturated rings. The van der Waals surface area contributed by atoms with Gasteiger partial charge in [0, 0.05) is 11.4 Å². The van der Waals surface area contributed by atoms with Crippen LogP contribution in [0.3, 0.4) is 0 Å². The van der Waals surface area contributed by atoms with Crippen LogP contribution in [0.4, 0.5) is 11.4 Å². The van der Waals surface area contributed by atoms with E-state index in [1.165, 1.54) is 16.1 Å². The predicted molar refractivity (Wildman–Crippen MR) is 163 cm³/mol. The highest BCUT2D eigenvalue weighted by molar-refractivity contribution is 7.99. The number of aromatic nitrogens is 3. The van der Waals surface area contributed by atoms with Gasteiger partial charge in [-0.15, -0.1) is 10.2 Å². The van der Waals surface area contributed by atoms with E-state index in [-0.39, 0.29) is 23.1 Å². The van der Waals surface area contributed by atoms with Gasteiger partial charge >= 0.3 is 0 Å². The number of nitrogens with one attached hydrogen (secondary N) is 1. The first-order valence-electron chi connectivity index (χ1n) is 12.9. The summed E-state index contributed by atoms with van der Waals surface area (Å²) in [7, 11) is -3.94. The van der Waals surface area contributed by atoms with Crippen LogP contribution in [0.1, 0.15) is 17.0 Å². The summed E-state index contributed by atoms with van der Waals surface area (Å²) in [6, 6.07) is 32.7. The number of para-hydroxylation sites is 2. The van der Waals surface area contributed by atoms with Crippen LogP contribution in [0.5, 0.6) is 0 Å². The normalized spacial score (nSPS) is 11.3. The molecule has 0 unspecified atom stereocenters. The number of hydrogen-bond donors (Lipinski definition) is 1. The Balaban J connectivity index is 1.47. The maximum Gasteiger partial charge on any atom is 0.264 e. The molecule has 1 N–H and O–H groups in total. The standard InChI is InChI=1S/C31H29N5O3S2/c1-23-13-17-25(18-14-23)32-30(37)22-40-31-34-33-29(36(31)27-11-7-4-8-12-27)21-35(26-9-5-3-6-10-26)41(38,39)28-19-15-24(2)16-20-28/h3-20H,21-22H2,1-2H3,(H,32,37). The van der Waals surface area contributed by atoms with Crippen molar-refractivity contribution in [3.63, 3.8) is 0 Å². The minimum Gasteiger partial charge on any atom is -0.325 e. The van der Waals surface area contributed by atoms with Crippen LogP contribution >= 0.6 is 11.8 Å². The fraction of sp³-hybridized carbons (Fsp3) is 0.129. The number of benzene rings is 4. The molecule has 10 heteroatoms. The van der Waals surface area contributed by atoms with Gasteiger partial charge in [-0.25, -0.2) is 8.42 Å². The van der Waals surface area contributed by atoms with Crippen molar-refractivity contribution in [1.29, 1.82) is 0 Å². The average Bonchev–Trinajstić information content (AvgIpc) is 3.39. The molecule has 1 heterocycles. The van der Waals surface area contributed by atoms with Crippen molar-refractivity contribution in [1.82, 2.24) is 14.8 Å². The van der Waals surface area contributed by atoms with E-state index in [1.54, 1.807) is 53.1 Å². The summed E-state index contributed by atoms with van der Waals surface area (Å²) in [6.45, 7) is 3.83. The van der Waals surface area contributed by atoms with Gasteiger partial charge in [0.1, 0.15) is 0 Å². The van der Waals surface area contributed by atoms with Crippen LogP contribution in [-0.4, -0.2) is 34.8 Å². The zero-order valence-corrected chi connectivity index (χ0v) is 24.3. The van der Waals surface area contributed by atoms with Gasteiger partial charge in [0.2, 0.25) is 5.91 Å². The fourth-order valence-electron chi connectivity index (χ4n) is 4.17. The molecular formula is C31H29N5O3S2. The molecule has 208 valence electrons. The molecule has 0 aliphatic rings. The molecule has 0 bridgehead atoms. The highest BCUT2D eigenvalue weighted by Gasteiger charge is 2.28. The Morgan fingerprint density at radius 1 is 0.805 bits per heavy atom. The van der Waals surface area contributed by atoms with Gasteiger partial charge in [0.15, 0.2) is 11.0 Å². The Kier molecular flexibility index (Phi) is 8.51. The molecule has 4 aromatic carbocycles. The number of thioether (sulfide) groups is 1. The van der Waals surface area contributed by atoms with Crippen molar-refractivity contribution in [3.8, 4) is 5.69 Å². The first-order valence-corrected chi connectivity index (χ1v) is 15.4. The number of anilines is 2. The summed E-state index contributed by atoms with van der Waals surface area (Å²) in [5, 5.41) is 12.1. The molecule has 1 aromatic heterocycles. The van der Waals surface area contributed by atoms with Gasteiger partial charge < -0.3 is 5.32 Å². The summed E-state index contributed by atoms with van der Waals surface area (Å²) in [6.07, 6.45) is 0. The molecule has 5 rings (SSSR count). The second-order valence-electron chi connectivity index (χ2n) is 9.43. The monoisotopic (exact) mass is 583 g/mol. The summed E-state index contributed by atoms with van der Waals surface area (Å²) < 4.78 is 31.0. The predicted octanol–water partition coefficient (Wildman–Crippen LogP) is 6.01. The van der Waals surface area contributed by atoms with E-state index >= 15 is 0 Å². The number of sulfonamides is 1. The number of aryl methyl sites for hydroxylation is 2. The summed E-state index contributed by atoms with van der Waals surface area (Å²) in [5.41, 5.74) is 4.05. The van der Waals surface area contributed by atoms with E-state index in [4.69, 9.17) is 0 Å². The first-order chi connectivity index (χ1) is 19.8. The Morgan fingerprint density at radius 2 is 1.39 bits per heavy atom. The average molecular weight is 584 g/mol. The molecule has 0 saturated heterocycles. The lowest BCUT2D eigenvalue weighted by Gasteiger charge is -2.24. The van der Waals surface area contributed by atoms with E-state index in [0.717, 1.165) is 16.8 Å². The molecule has 8 nitrogen and oxygen atoms in total. The Labute approximate surface area is 244 Å². The Bertz CT molecular complexity index is 1720. The quantitative estimate of drug-likeness (QED) is 0.202. The molecule has 0 aliphatic carbocycles. The van der Waals surface area contributed by atoms with E-state index in [1.807, 2.05) is 74.5 Å². The fourth-order valence-corrected chi connectivity index (χ4v) is 6.36. The molecular weight excluding hydrogens is 555 g/mol. The largest absolute Gasteiger partial charge is 0.325 e. The van der Waals surface area contributed by atoms with Crippen molar-refractivity contribution < 1.29 is 13.2 Å². The van der Waals surface area contributed by atoms with Crippen molar-refractivity contribution >= 4 is 39.1 Å². The minimum absolute atomic E-state index is 0.0712. The van der Waals surface area contributed by atoms with Gasteiger partial charge in [0.05, 0.1) is 22.9 Å². The maximum absolute atomic E-state index is 13.9. The molecule has 0 atom stereocenters. The van der Waals surface area contributed by atoms with Crippen LogP contribution in [-0.2, 0) is 21.4 Å². The summed E-state index contributed by atoms with van der Waals surface area (Å²) in [5.74, 6) is 0.330. The van der Waals surface area contributed by atoms with Crippen LogP contribution in [0.25, 0.3) is 5.69 Å². The third kappa shape index (κ3) is 6.67. The van der Waals surface area contributed by atoms with Crippen molar-refractivity contribution in [2.45, 2.75) is 30.4 Å². The van der Waals surface area contributed by atoms with Crippen LogP contribution in [0.15, 0.2) is 119 Å². The zero-order chi connectivity index (χ0) is 28.8. The van der Waals surface area contributed by atoms with E-state index in [9.17, 15) is 13.2 Å². The van der Waals surface area contributed by atoms with E-state index < -0.39 is 10.0 Å².